The Kier molecular flexibility index (Phi) is 23.5. The van der Waals surface area contributed by atoms with Crippen LogP contribution in [0.1, 0.15) is 97.3 Å². The van der Waals surface area contributed by atoms with Crippen LogP contribution in [0.3, 0.4) is 0 Å². The molecule has 0 aromatic heterocycles. The van der Waals surface area contributed by atoms with E-state index in [-0.39, 0.29) is 6.61 Å². The highest BCUT2D eigenvalue weighted by Gasteiger charge is 2.53. The molecule has 12 N–H and O–H groups in total. The molecule has 0 spiro atoms. The summed E-state index contributed by atoms with van der Waals surface area (Å²) >= 11 is 0. The van der Waals surface area contributed by atoms with Crippen LogP contribution in [-0.4, -0.2) is 193 Å². The van der Waals surface area contributed by atoms with Gasteiger partial charge in [0.25, 0.3) is 0 Å². The Labute approximate surface area is 340 Å². The molecular weight excluding hydrogens is 770 g/mol. The normalized spacial score (nSPS) is 36.9. The molecule has 340 valence electrons. The summed E-state index contributed by atoms with van der Waals surface area (Å²) in [6.07, 6.45) is -7.86. The fourth-order valence-corrected chi connectivity index (χ4v) is 7.34. The van der Waals surface area contributed by atoms with Crippen LogP contribution in [0.15, 0.2) is 12.2 Å². The first kappa shape index (κ1) is 50.9. The first-order chi connectivity index (χ1) is 27.8. The van der Waals surface area contributed by atoms with Crippen molar-refractivity contribution in [2.45, 2.75) is 202 Å². The lowest BCUT2D eigenvalue weighted by molar-refractivity contribution is -0.379. The molecule has 3 saturated heterocycles. The summed E-state index contributed by atoms with van der Waals surface area (Å²) in [4.78, 5) is 11.9. The largest absolute Gasteiger partial charge is 0.394 e. The van der Waals surface area contributed by atoms with E-state index in [0.717, 1.165) is 25.7 Å². The second-order valence-corrected chi connectivity index (χ2v) is 15.5. The lowest BCUT2D eigenvalue weighted by atomic mass is 9.96. The zero-order valence-corrected chi connectivity index (χ0v) is 33.8. The summed E-state index contributed by atoms with van der Waals surface area (Å²) in [6, 6.07) is -0.967. The number of aliphatic hydroxyl groups is 11. The number of ether oxygens (including phenoxy) is 6. The molecule has 1 amide bonds. The van der Waals surface area contributed by atoms with Crippen LogP contribution in [0, 0.1) is 0 Å². The van der Waals surface area contributed by atoms with Crippen molar-refractivity contribution in [2.24, 2.45) is 0 Å². The third-order valence-corrected chi connectivity index (χ3v) is 10.9. The van der Waals surface area contributed by atoms with Gasteiger partial charge in [-0.15, -0.1) is 0 Å². The second kappa shape index (κ2) is 26.8. The Balaban J connectivity index is 1.49. The van der Waals surface area contributed by atoms with Crippen LogP contribution in [0.4, 0.5) is 0 Å². The molecule has 17 atom stereocenters. The van der Waals surface area contributed by atoms with E-state index in [1.54, 1.807) is 6.08 Å². The molecule has 19 nitrogen and oxygen atoms in total. The Hall–Kier alpha value is -1.47. The number of nitrogens with one attached hydrogen (secondary N) is 1. The van der Waals surface area contributed by atoms with Gasteiger partial charge in [-0.2, -0.15) is 0 Å². The fourth-order valence-electron chi connectivity index (χ4n) is 7.34. The summed E-state index contributed by atoms with van der Waals surface area (Å²) in [5, 5.41) is 117. The van der Waals surface area contributed by atoms with Crippen LogP contribution >= 0.6 is 0 Å². The summed E-state index contributed by atoms with van der Waals surface area (Å²) in [5.74, 6) is -0.455. The first-order valence-electron chi connectivity index (χ1n) is 20.9. The third kappa shape index (κ3) is 15.2. The van der Waals surface area contributed by atoms with Crippen molar-refractivity contribution < 1.29 is 89.4 Å². The minimum Gasteiger partial charge on any atom is -0.394 e. The van der Waals surface area contributed by atoms with Gasteiger partial charge in [0.15, 0.2) is 18.9 Å². The Morgan fingerprint density at radius 3 is 1.52 bits per heavy atom. The number of amides is 1. The van der Waals surface area contributed by atoms with Gasteiger partial charge in [-0.1, -0.05) is 89.7 Å². The third-order valence-electron chi connectivity index (χ3n) is 10.9. The predicted molar refractivity (Wildman–Crippen MR) is 203 cm³/mol. The standard InChI is InChI=1S/C39H71NO18/c1-3-4-5-6-7-8-9-10-11-12-13-14-15-16-17-24(45)23(40-22(2)44)21-53-37-33(51)30(48)35(26(19-42)55-37)58-39-34(52)31(49)36(27(20-43)56-39)57-38-32(50)29(47)28(46)25(18-41)54-38/h16-17,23-39,41-43,45-52H,3-15,18-21H2,1-2H3,(H,40,44)/b17-16+. The van der Waals surface area contributed by atoms with Gasteiger partial charge in [0.05, 0.1) is 38.6 Å². The molecule has 3 aliphatic heterocycles. The van der Waals surface area contributed by atoms with Crippen LogP contribution in [0.2, 0.25) is 0 Å². The lowest BCUT2D eigenvalue weighted by Crippen LogP contribution is -2.66. The van der Waals surface area contributed by atoms with Gasteiger partial charge in [0.2, 0.25) is 5.91 Å². The number of unbranched alkanes of at least 4 members (excludes halogenated alkanes) is 12. The Bertz CT molecular complexity index is 1150. The van der Waals surface area contributed by atoms with Crippen LogP contribution in [0.5, 0.6) is 0 Å². The van der Waals surface area contributed by atoms with E-state index in [1.165, 1.54) is 64.7 Å². The molecule has 3 aliphatic rings. The monoisotopic (exact) mass is 841 g/mol. The molecule has 3 fully saturated rings. The van der Waals surface area contributed by atoms with Gasteiger partial charge >= 0.3 is 0 Å². The summed E-state index contributed by atoms with van der Waals surface area (Å²) in [7, 11) is 0. The lowest BCUT2D eigenvalue weighted by Gasteiger charge is -2.48. The average Bonchev–Trinajstić information content (AvgIpc) is 3.21. The number of carbonyl (C=O) groups is 1. The van der Waals surface area contributed by atoms with Crippen molar-refractivity contribution in [3.05, 3.63) is 12.2 Å². The number of rotatable bonds is 26. The Morgan fingerprint density at radius 2 is 1.03 bits per heavy atom. The van der Waals surface area contributed by atoms with E-state index in [2.05, 4.69) is 12.2 Å². The quantitative estimate of drug-likeness (QED) is 0.0330. The van der Waals surface area contributed by atoms with Gasteiger partial charge in [0.1, 0.15) is 73.2 Å². The zero-order chi connectivity index (χ0) is 42.8. The van der Waals surface area contributed by atoms with E-state index < -0.39 is 130 Å². The Morgan fingerprint density at radius 1 is 0.603 bits per heavy atom. The molecule has 19 heteroatoms. The number of aliphatic hydroxyl groups excluding tert-OH is 11. The molecule has 0 radical (unpaired) electrons. The molecule has 0 bridgehead atoms. The summed E-state index contributed by atoms with van der Waals surface area (Å²) in [5.41, 5.74) is 0. The minimum absolute atomic E-state index is 0.369. The SMILES string of the molecule is CCCCCCCCCCCCCC/C=C/C(O)C(COC1OC(CO)C(OC2OC(CO)C(OC3OC(CO)C(O)C(O)C3O)C(O)C2O)C(O)C1O)NC(C)=O. The first-order valence-corrected chi connectivity index (χ1v) is 20.9. The molecule has 0 saturated carbocycles. The van der Waals surface area contributed by atoms with Crippen LogP contribution in [0.25, 0.3) is 0 Å². The number of hydrogen-bond donors (Lipinski definition) is 12. The van der Waals surface area contributed by atoms with Crippen molar-refractivity contribution in [3.63, 3.8) is 0 Å². The highest BCUT2D eigenvalue weighted by atomic mass is 16.8. The molecule has 3 rings (SSSR count). The van der Waals surface area contributed by atoms with E-state index >= 15 is 0 Å². The maximum atomic E-state index is 11.9. The molecule has 0 aromatic carbocycles. The highest BCUT2D eigenvalue weighted by molar-refractivity contribution is 5.73. The van der Waals surface area contributed by atoms with Crippen molar-refractivity contribution in [1.29, 1.82) is 0 Å². The maximum Gasteiger partial charge on any atom is 0.217 e. The minimum atomic E-state index is -1.97. The smallest absolute Gasteiger partial charge is 0.217 e. The van der Waals surface area contributed by atoms with Crippen LogP contribution in [-0.2, 0) is 33.2 Å². The van der Waals surface area contributed by atoms with Crippen molar-refractivity contribution >= 4 is 5.91 Å². The van der Waals surface area contributed by atoms with Gasteiger partial charge in [0, 0.05) is 6.92 Å². The fraction of sp³-hybridized carbons (Fsp3) is 0.923. The van der Waals surface area contributed by atoms with Gasteiger partial charge in [-0.05, 0) is 12.8 Å². The van der Waals surface area contributed by atoms with E-state index in [0.29, 0.717) is 0 Å². The molecule has 58 heavy (non-hydrogen) atoms. The van der Waals surface area contributed by atoms with Crippen molar-refractivity contribution in [2.75, 3.05) is 26.4 Å². The summed E-state index contributed by atoms with van der Waals surface area (Å²) < 4.78 is 33.5. The molecule has 0 aliphatic carbocycles. The van der Waals surface area contributed by atoms with E-state index in [1.807, 2.05) is 6.08 Å². The number of allylic oxidation sites excluding steroid dienone is 1. The van der Waals surface area contributed by atoms with Crippen molar-refractivity contribution in [1.82, 2.24) is 5.32 Å². The molecule has 0 aromatic rings. The predicted octanol–water partition coefficient (Wildman–Crippen LogP) is -2.04. The van der Waals surface area contributed by atoms with Crippen LogP contribution < -0.4 is 5.32 Å². The van der Waals surface area contributed by atoms with Crippen molar-refractivity contribution in [3.8, 4) is 0 Å². The molecular formula is C39H71NO18. The average molecular weight is 842 g/mol. The van der Waals surface area contributed by atoms with E-state index in [9.17, 15) is 61.0 Å². The number of hydrogen-bond acceptors (Lipinski definition) is 18. The second-order valence-electron chi connectivity index (χ2n) is 15.5. The van der Waals surface area contributed by atoms with E-state index in [4.69, 9.17) is 28.4 Å². The number of carbonyl (C=O) groups excluding carboxylic acids is 1. The summed E-state index contributed by atoms with van der Waals surface area (Å²) in [6.45, 7) is 0.700. The topological polar surface area (TPSA) is 307 Å². The van der Waals surface area contributed by atoms with Gasteiger partial charge in [-0.3, -0.25) is 4.79 Å². The highest BCUT2D eigenvalue weighted by Crippen LogP contribution is 2.32. The molecule has 3 heterocycles. The maximum absolute atomic E-state index is 11.9. The zero-order valence-electron chi connectivity index (χ0n) is 33.8. The molecule has 17 unspecified atom stereocenters. The van der Waals surface area contributed by atoms with Gasteiger partial charge < -0.3 is 89.9 Å². The van der Waals surface area contributed by atoms with Gasteiger partial charge in [-0.25, -0.2) is 0 Å².